The molecule has 0 bridgehead atoms. The Morgan fingerprint density at radius 3 is 2.18 bits per heavy atom. The van der Waals surface area contributed by atoms with E-state index in [1.165, 1.54) is 0 Å². The van der Waals surface area contributed by atoms with Crippen LogP contribution in [0.25, 0.3) is 0 Å². The first-order chi connectivity index (χ1) is 5.18. The molecule has 0 nitrogen and oxygen atoms in total. The largest absolute Gasteiger partial charge is 0.209 e. The lowest BCUT2D eigenvalue weighted by Crippen LogP contribution is -1.80. The molecule has 0 spiro atoms. The van der Waals surface area contributed by atoms with Gasteiger partial charge in [-0.05, 0) is 13.3 Å². The Kier molecular flexibility index (Phi) is 6.09. The molecular weight excluding hydrogens is 146 g/mol. The molecule has 11 heavy (non-hydrogen) atoms. The fourth-order valence-corrected chi connectivity index (χ4v) is 0.879. The predicted molar refractivity (Wildman–Crippen MR) is 43.7 cm³/mol. The third-order valence-corrected chi connectivity index (χ3v) is 1.62. The third-order valence-electron chi connectivity index (χ3n) is 1.62. The van der Waals surface area contributed by atoms with E-state index in [9.17, 15) is 8.78 Å². The minimum atomic E-state index is -0.665. The molecule has 0 fully saturated rings. The van der Waals surface area contributed by atoms with Gasteiger partial charge in [0, 0.05) is 6.42 Å². The van der Waals surface area contributed by atoms with Crippen molar-refractivity contribution in [3.63, 3.8) is 0 Å². The smallest absolute Gasteiger partial charge is 0.131 e. The van der Waals surface area contributed by atoms with E-state index in [4.69, 9.17) is 0 Å². The van der Waals surface area contributed by atoms with Gasteiger partial charge in [-0.25, -0.2) is 8.78 Å². The van der Waals surface area contributed by atoms with Crippen LogP contribution in [0.3, 0.4) is 0 Å². The molecule has 0 heterocycles. The van der Waals surface area contributed by atoms with Crippen LogP contribution in [0.5, 0.6) is 0 Å². The van der Waals surface area contributed by atoms with Gasteiger partial charge in [0.2, 0.25) is 0 Å². The molecule has 0 N–H and O–H groups in total. The van der Waals surface area contributed by atoms with Crippen molar-refractivity contribution in [1.82, 2.24) is 0 Å². The first-order valence-electron chi connectivity index (χ1n) is 4.19. The Morgan fingerprint density at radius 2 is 1.73 bits per heavy atom. The van der Waals surface area contributed by atoms with Crippen molar-refractivity contribution < 1.29 is 8.78 Å². The summed E-state index contributed by atoms with van der Waals surface area (Å²) >= 11 is 0. The Bertz CT molecular complexity index is 124. The molecule has 0 radical (unpaired) electrons. The number of unbranched alkanes of at least 4 members (excludes halogenated alkanes) is 3. The van der Waals surface area contributed by atoms with Crippen molar-refractivity contribution in [3.05, 3.63) is 11.7 Å². The highest BCUT2D eigenvalue weighted by Gasteiger charge is 1.99. The molecule has 0 saturated heterocycles. The summed E-state index contributed by atoms with van der Waals surface area (Å²) in [5, 5.41) is 0. The van der Waals surface area contributed by atoms with Gasteiger partial charge in [-0.15, -0.1) is 0 Å². The summed E-state index contributed by atoms with van der Waals surface area (Å²) in [6, 6.07) is 0. The van der Waals surface area contributed by atoms with Gasteiger partial charge < -0.3 is 0 Å². The summed E-state index contributed by atoms with van der Waals surface area (Å²) < 4.78 is 24.6. The maximum absolute atomic E-state index is 12.5. The highest BCUT2D eigenvalue weighted by atomic mass is 19.2. The number of rotatable bonds is 5. The summed E-state index contributed by atoms with van der Waals surface area (Å²) in [6.07, 6.45) is 4.26. The average Bonchev–Trinajstić information content (AvgIpc) is 1.97. The van der Waals surface area contributed by atoms with E-state index in [0.29, 0.717) is 0 Å². The molecule has 0 aromatic heterocycles. The second-order valence-corrected chi connectivity index (χ2v) is 2.75. The van der Waals surface area contributed by atoms with E-state index in [2.05, 4.69) is 6.92 Å². The number of allylic oxidation sites excluding steroid dienone is 2. The topological polar surface area (TPSA) is 0 Å². The molecule has 66 valence electrons. The minimum absolute atomic E-state index is 0.266. The summed E-state index contributed by atoms with van der Waals surface area (Å²) in [5.41, 5.74) is 0. The molecule has 0 aliphatic heterocycles. The van der Waals surface area contributed by atoms with Crippen LogP contribution in [-0.2, 0) is 0 Å². The zero-order valence-electron chi connectivity index (χ0n) is 7.29. The van der Waals surface area contributed by atoms with Gasteiger partial charge in [-0.2, -0.15) is 0 Å². The van der Waals surface area contributed by atoms with Crippen molar-refractivity contribution >= 4 is 0 Å². The monoisotopic (exact) mass is 162 g/mol. The van der Waals surface area contributed by atoms with Crippen molar-refractivity contribution in [2.75, 3.05) is 0 Å². The molecule has 0 aliphatic rings. The van der Waals surface area contributed by atoms with E-state index in [0.717, 1.165) is 32.6 Å². The van der Waals surface area contributed by atoms with Crippen LogP contribution >= 0.6 is 0 Å². The van der Waals surface area contributed by atoms with E-state index in [1.54, 1.807) is 0 Å². The number of hydrogen-bond donors (Lipinski definition) is 0. The summed E-state index contributed by atoms with van der Waals surface area (Å²) in [6.45, 7) is 3.25. The predicted octanol–water partition coefficient (Wildman–Crippen LogP) is 4.13. The number of hydrogen-bond acceptors (Lipinski definition) is 0. The van der Waals surface area contributed by atoms with Crippen molar-refractivity contribution in [2.45, 2.75) is 46.0 Å². The van der Waals surface area contributed by atoms with Crippen LogP contribution in [0.15, 0.2) is 11.7 Å². The summed E-state index contributed by atoms with van der Waals surface area (Å²) in [4.78, 5) is 0. The first-order valence-corrected chi connectivity index (χ1v) is 4.19. The van der Waals surface area contributed by atoms with Crippen LogP contribution < -0.4 is 0 Å². The highest BCUT2D eigenvalue weighted by molar-refractivity contribution is 4.95. The fraction of sp³-hybridized carbons (Fsp3) is 0.778. The lowest BCUT2D eigenvalue weighted by molar-refractivity contribution is 0.493. The van der Waals surface area contributed by atoms with E-state index >= 15 is 0 Å². The SMILES string of the molecule is CCCCCC/C(F)=C(\C)F. The molecule has 0 atom stereocenters. The normalized spacial score (nSPS) is 13.1. The highest BCUT2D eigenvalue weighted by Crippen LogP contribution is 2.15. The van der Waals surface area contributed by atoms with Gasteiger partial charge >= 0.3 is 0 Å². The fourth-order valence-electron chi connectivity index (χ4n) is 0.879. The second-order valence-electron chi connectivity index (χ2n) is 2.75. The molecular formula is C9H16F2. The molecule has 0 aromatic rings. The Labute approximate surface area is 67.3 Å². The zero-order valence-corrected chi connectivity index (χ0v) is 7.29. The molecule has 0 rings (SSSR count). The maximum atomic E-state index is 12.5. The molecule has 0 aliphatic carbocycles. The van der Waals surface area contributed by atoms with Gasteiger partial charge in [0.15, 0.2) is 0 Å². The van der Waals surface area contributed by atoms with Gasteiger partial charge in [-0.1, -0.05) is 26.2 Å². The van der Waals surface area contributed by atoms with Crippen molar-refractivity contribution in [2.24, 2.45) is 0 Å². The second kappa shape index (κ2) is 6.32. The Balaban J connectivity index is 3.32. The van der Waals surface area contributed by atoms with Gasteiger partial charge in [0.25, 0.3) is 0 Å². The van der Waals surface area contributed by atoms with E-state index < -0.39 is 11.7 Å². The quantitative estimate of drug-likeness (QED) is 0.533. The molecule has 0 unspecified atom stereocenters. The minimum Gasteiger partial charge on any atom is -0.209 e. The van der Waals surface area contributed by atoms with E-state index in [1.807, 2.05) is 0 Å². The van der Waals surface area contributed by atoms with Crippen LogP contribution in [0.2, 0.25) is 0 Å². The first kappa shape index (κ1) is 10.6. The molecule has 2 heteroatoms. The molecule has 0 amide bonds. The standard InChI is InChI=1S/C9H16F2/c1-3-4-5-6-7-9(11)8(2)10/h3-7H2,1-2H3/b9-8-. The summed E-state index contributed by atoms with van der Waals surface area (Å²) in [5.74, 6) is -1.25. The Hall–Kier alpha value is -0.400. The van der Waals surface area contributed by atoms with Crippen LogP contribution in [-0.4, -0.2) is 0 Å². The zero-order chi connectivity index (χ0) is 8.69. The van der Waals surface area contributed by atoms with Gasteiger partial charge in [0.05, 0.1) is 0 Å². The molecule has 0 aromatic carbocycles. The van der Waals surface area contributed by atoms with Gasteiger partial charge in [-0.3, -0.25) is 0 Å². The summed E-state index contributed by atoms with van der Waals surface area (Å²) in [7, 11) is 0. The maximum Gasteiger partial charge on any atom is 0.131 e. The Morgan fingerprint density at radius 1 is 1.09 bits per heavy atom. The lowest BCUT2D eigenvalue weighted by atomic mass is 10.1. The van der Waals surface area contributed by atoms with Crippen molar-refractivity contribution in [1.29, 1.82) is 0 Å². The van der Waals surface area contributed by atoms with E-state index in [-0.39, 0.29) is 6.42 Å². The average molecular weight is 162 g/mol. The van der Waals surface area contributed by atoms with Crippen LogP contribution in [0.4, 0.5) is 8.78 Å². The van der Waals surface area contributed by atoms with Crippen LogP contribution in [0, 0.1) is 0 Å². The third kappa shape index (κ3) is 6.02. The molecule has 0 saturated carbocycles. The lowest BCUT2D eigenvalue weighted by Gasteiger charge is -1.97. The van der Waals surface area contributed by atoms with Gasteiger partial charge in [0.1, 0.15) is 11.7 Å². The number of halogens is 2. The van der Waals surface area contributed by atoms with Crippen molar-refractivity contribution in [3.8, 4) is 0 Å². The van der Waals surface area contributed by atoms with Crippen LogP contribution in [0.1, 0.15) is 46.0 Å².